The fourth-order valence-corrected chi connectivity index (χ4v) is 9.21. The third-order valence-corrected chi connectivity index (χ3v) is 12.4. The molecule has 0 aromatic heterocycles. The van der Waals surface area contributed by atoms with Gasteiger partial charge in [0.2, 0.25) is 5.91 Å². The van der Waals surface area contributed by atoms with E-state index in [0.717, 1.165) is 58.5 Å². The Bertz CT molecular complexity index is 2660. The van der Waals surface area contributed by atoms with E-state index in [4.69, 9.17) is 28.9 Å². The monoisotopic (exact) mass is 877 g/mol. The fourth-order valence-electron chi connectivity index (χ4n) is 9.10. The second-order valence-electron chi connectivity index (χ2n) is 16.4. The number of fused-ring (bicyclic) bond motifs is 8. The lowest BCUT2D eigenvalue weighted by molar-refractivity contribution is -0.121. The molecule has 2 atom stereocenters. The van der Waals surface area contributed by atoms with Crippen LogP contribution in [0.5, 0.6) is 23.0 Å². The van der Waals surface area contributed by atoms with Gasteiger partial charge in [-0.25, -0.2) is 0 Å². The maximum absolute atomic E-state index is 14.0. The number of ether oxygens (including phenoxy) is 4. The van der Waals surface area contributed by atoms with Gasteiger partial charge in [0.25, 0.3) is 11.8 Å². The number of carbonyl (C=O) groups is 3. The molecule has 4 aliphatic rings. The predicted octanol–water partition coefficient (Wildman–Crippen LogP) is 8.63. The van der Waals surface area contributed by atoms with Gasteiger partial charge in [0.15, 0.2) is 11.5 Å². The molecule has 4 aliphatic heterocycles. The van der Waals surface area contributed by atoms with Crippen molar-refractivity contribution in [3.63, 3.8) is 0 Å². The van der Waals surface area contributed by atoms with Gasteiger partial charge in [-0.15, -0.1) is 0 Å². The molecule has 5 aromatic rings. The first kappa shape index (κ1) is 42.7. The summed E-state index contributed by atoms with van der Waals surface area (Å²) in [7, 11) is 3.20. The molecular formula is C51H51N5O7S. The van der Waals surface area contributed by atoms with Crippen LogP contribution in [0.25, 0.3) is 0 Å². The quantitative estimate of drug-likeness (QED) is 0.0707. The third-order valence-electron chi connectivity index (χ3n) is 12.2. The van der Waals surface area contributed by atoms with E-state index in [1.807, 2.05) is 76.8 Å². The lowest BCUT2D eigenvalue weighted by Crippen LogP contribution is -2.37. The number of nitrogens with one attached hydrogen (secondary N) is 1. The summed E-state index contributed by atoms with van der Waals surface area (Å²) in [5, 5.41) is 2.86. The molecule has 12 nitrogen and oxygen atoms in total. The third kappa shape index (κ3) is 8.81. The molecule has 5 aromatic carbocycles. The van der Waals surface area contributed by atoms with Gasteiger partial charge in [0, 0.05) is 61.4 Å². The van der Waals surface area contributed by atoms with Crippen LogP contribution in [0.4, 0.5) is 22.7 Å². The van der Waals surface area contributed by atoms with E-state index < -0.39 is 0 Å². The van der Waals surface area contributed by atoms with Crippen molar-refractivity contribution in [2.45, 2.75) is 70.1 Å². The number of unbranched alkanes of at least 4 members (excludes halogenated alkanes) is 1. The Morgan fingerprint density at radius 3 is 1.98 bits per heavy atom. The van der Waals surface area contributed by atoms with Gasteiger partial charge in [-0.05, 0) is 102 Å². The standard InChI is InChI=1S/C51H51N5O7S/c1-60-46-26-40-42(53-29-37-23-34-11-3-5-14-44(34)55(37)50(40)58)25-36(46)13-9-10-32-20-33(22-39(21-32)62-18-8-7-16-49(57)52-17-19-64)31-63-48-28-43-41(27-47(48)61-2)51(59)56-38(30-54-43)24-35-12-4-6-15-45(35)56/h3-6,11-12,14-15,20-22,25-30,37-38,64H,7-10,13,16-19,23-24,31H2,1-2H3,(H,52,57)/t37-,38-/m0/s1. The van der Waals surface area contributed by atoms with Crippen molar-refractivity contribution < 1.29 is 33.3 Å². The molecule has 0 saturated carbocycles. The Morgan fingerprint density at radius 2 is 1.33 bits per heavy atom. The largest absolute Gasteiger partial charge is 0.496 e. The molecule has 3 amide bonds. The number of thiol groups is 1. The molecular weight excluding hydrogens is 827 g/mol. The molecule has 0 spiro atoms. The van der Waals surface area contributed by atoms with Gasteiger partial charge < -0.3 is 24.3 Å². The molecule has 328 valence electrons. The molecule has 0 unspecified atom stereocenters. The minimum atomic E-state index is -0.170. The Hall–Kier alpha value is -6.60. The SMILES string of the molecule is COc1cc2c(cc1CCCc1cc(COc3cc4c(cc3OC)C(=O)N3c5ccccc5C[C@H]3C=N4)cc(OCCCCC(=O)NCCS)c1)N=C[C@@H]1Cc3ccccc3N1C2=O. The van der Waals surface area contributed by atoms with E-state index >= 15 is 0 Å². The van der Waals surface area contributed by atoms with Crippen LogP contribution in [0.3, 0.4) is 0 Å². The van der Waals surface area contributed by atoms with E-state index in [0.29, 0.717) is 96.5 Å². The maximum atomic E-state index is 14.0. The summed E-state index contributed by atoms with van der Waals surface area (Å²) in [4.78, 5) is 53.3. The highest BCUT2D eigenvalue weighted by Crippen LogP contribution is 2.42. The topological polar surface area (TPSA) is 131 Å². The molecule has 0 radical (unpaired) electrons. The van der Waals surface area contributed by atoms with Crippen LogP contribution in [0, 0.1) is 0 Å². The van der Waals surface area contributed by atoms with Gasteiger partial charge in [0.1, 0.15) is 18.1 Å². The van der Waals surface area contributed by atoms with Gasteiger partial charge in [-0.3, -0.25) is 34.2 Å². The van der Waals surface area contributed by atoms with E-state index in [1.165, 1.54) is 0 Å². The second kappa shape index (κ2) is 19.0. The number of rotatable bonds is 17. The number of methoxy groups -OCH3 is 2. The van der Waals surface area contributed by atoms with Gasteiger partial charge in [0.05, 0.1) is 55.4 Å². The molecule has 0 saturated heterocycles. The minimum absolute atomic E-state index is 0.0140. The first-order valence-corrected chi connectivity index (χ1v) is 22.6. The van der Waals surface area contributed by atoms with E-state index in [9.17, 15) is 14.4 Å². The lowest BCUT2D eigenvalue weighted by atomic mass is 9.99. The van der Waals surface area contributed by atoms with Crippen molar-refractivity contribution in [1.29, 1.82) is 0 Å². The van der Waals surface area contributed by atoms with Gasteiger partial charge >= 0.3 is 0 Å². The predicted molar refractivity (Wildman–Crippen MR) is 253 cm³/mol. The van der Waals surface area contributed by atoms with Crippen LogP contribution in [-0.4, -0.2) is 75.4 Å². The smallest absolute Gasteiger partial charge is 0.261 e. The molecule has 9 rings (SSSR count). The zero-order valence-corrected chi connectivity index (χ0v) is 36.9. The van der Waals surface area contributed by atoms with Crippen molar-refractivity contribution in [1.82, 2.24) is 5.32 Å². The van der Waals surface area contributed by atoms with Crippen molar-refractivity contribution in [3.05, 3.63) is 130 Å². The van der Waals surface area contributed by atoms with Crippen molar-refractivity contribution in [2.24, 2.45) is 9.98 Å². The number of para-hydroxylation sites is 2. The highest BCUT2D eigenvalue weighted by atomic mass is 32.1. The number of hydrogen-bond donors (Lipinski definition) is 2. The Labute approximate surface area is 378 Å². The van der Waals surface area contributed by atoms with Crippen LogP contribution in [0.15, 0.2) is 101 Å². The fraction of sp³-hybridized carbons (Fsp3) is 0.314. The van der Waals surface area contributed by atoms with Crippen LogP contribution in [0.2, 0.25) is 0 Å². The van der Waals surface area contributed by atoms with Gasteiger partial charge in [-0.1, -0.05) is 42.5 Å². The van der Waals surface area contributed by atoms with E-state index in [-0.39, 0.29) is 36.4 Å². The first-order valence-electron chi connectivity index (χ1n) is 21.9. The molecule has 0 fully saturated rings. The summed E-state index contributed by atoms with van der Waals surface area (Å²) in [5.74, 6) is 2.68. The number of carbonyl (C=O) groups excluding carboxylic acids is 3. The molecule has 0 bridgehead atoms. The zero-order chi connectivity index (χ0) is 44.2. The Morgan fingerprint density at radius 1 is 0.703 bits per heavy atom. The van der Waals surface area contributed by atoms with Crippen LogP contribution >= 0.6 is 12.6 Å². The number of aliphatic imine (C=N–C) groups is 2. The van der Waals surface area contributed by atoms with Crippen LogP contribution in [-0.2, 0) is 37.1 Å². The molecule has 0 aliphatic carbocycles. The molecule has 4 heterocycles. The number of anilines is 2. The number of benzene rings is 5. The summed E-state index contributed by atoms with van der Waals surface area (Å²) in [5.41, 5.74) is 9.18. The molecule has 13 heteroatoms. The normalized spacial score (nSPS) is 16.5. The van der Waals surface area contributed by atoms with Crippen molar-refractivity contribution in [2.75, 3.05) is 42.9 Å². The number of amides is 3. The van der Waals surface area contributed by atoms with Crippen LogP contribution in [0.1, 0.15) is 74.2 Å². The molecule has 64 heavy (non-hydrogen) atoms. The Balaban J connectivity index is 0.913. The number of aryl methyl sites for hydroxylation is 2. The summed E-state index contributed by atoms with van der Waals surface area (Å²) in [6.07, 6.45) is 9.23. The zero-order valence-electron chi connectivity index (χ0n) is 36.0. The van der Waals surface area contributed by atoms with Gasteiger partial charge in [-0.2, -0.15) is 12.6 Å². The maximum Gasteiger partial charge on any atom is 0.261 e. The highest BCUT2D eigenvalue weighted by molar-refractivity contribution is 7.80. The average Bonchev–Trinajstić information content (AvgIpc) is 3.81. The summed E-state index contributed by atoms with van der Waals surface area (Å²) in [6, 6.07) is 29.2. The van der Waals surface area contributed by atoms with Crippen LogP contribution < -0.4 is 34.1 Å². The minimum Gasteiger partial charge on any atom is -0.496 e. The Kier molecular flexibility index (Phi) is 12.7. The lowest BCUT2D eigenvalue weighted by Gasteiger charge is -2.22. The number of nitrogens with zero attached hydrogens (tertiary/aromatic N) is 4. The summed E-state index contributed by atoms with van der Waals surface area (Å²) >= 11 is 4.17. The second-order valence-corrected chi connectivity index (χ2v) is 16.9. The van der Waals surface area contributed by atoms with E-state index in [1.54, 1.807) is 26.4 Å². The summed E-state index contributed by atoms with van der Waals surface area (Å²) in [6.45, 7) is 1.21. The van der Waals surface area contributed by atoms with Crippen molar-refractivity contribution >= 4 is 65.5 Å². The highest BCUT2D eigenvalue weighted by Gasteiger charge is 2.38. The average molecular weight is 878 g/mol. The molecule has 1 N–H and O–H groups in total. The van der Waals surface area contributed by atoms with Crippen molar-refractivity contribution in [3.8, 4) is 23.0 Å². The number of hydrogen-bond acceptors (Lipinski definition) is 10. The van der Waals surface area contributed by atoms with E-state index in [2.05, 4.69) is 42.2 Å². The summed E-state index contributed by atoms with van der Waals surface area (Å²) < 4.78 is 24.4. The first-order chi connectivity index (χ1) is 31.3.